The fourth-order valence-electron chi connectivity index (χ4n) is 7.03. The standard InChI is InChI=1S/C44H30N4O/c49-39-27-38-42(30-17-9-3-10-18-30)36-24-23-34(46-36)40(28-13-5-1-6-14-28)32-21-22-33(45-32)41(29-15-7-2-8-16-29)35-25-26-37(47-35)43(44(39)48-38)31-19-11-4-12-20-31/h1-26,46-47H,27H2. The molecule has 0 radical (unpaired) electrons. The Kier molecular flexibility index (Phi) is 6.95. The van der Waals surface area contributed by atoms with Crippen LogP contribution in [0.5, 0.6) is 0 Å². The van der Waals surface area contributed by atoms with Gasteiger partial charge in [-0.15, -0.1) is 0 Å². The van der Waals surface area contributed by atoms with Crippen LogP contribution in [0.15, 0.2) is 146 Å². The van der Waals surface area contributed by atoms with Crippen molar-refractivity contribution >= 4 is 40.0 Å². The zero-order valence-corrected chi connectivity index (χ0v) is 26.5. The predicted octanol–water partition coefficient (Wildman–Crippen LogP) is 10.6. The van der Waals surface area contributed by atoms with E-state index in [2.05, 4.69) is 94.9 Å². The molecule has 5 heteroatoms. The van der Waals surface area contributed by atoms with Crippen molar-refractivity contribution in [3.63, 3.8) is 0 Å². The van der Waals surface area contributed by atoms with Crippen molar-refractivity contribution in [2.24, 2.45) is 0 Å². The maximum Gasteiger partial charge on any atom is 0.187 e. The number of benzene rings is 4. The average Bonchev–Trinajstić information content (AvgIpc) is 3.98. The Labute approximate surface area is 283 Å². The first-order chi connectivity index (χ1) is 24.2. The summed E-state index contributed by atoms with van der Waals surface area (Å²) < 4.78 is 0. The Balaban J connectivity index is 1.50. The fraction of sp³-hybridized carbons (Fsp3) is 0.0227. The Morgan fingerprint density at radius 2 is 0.776 bits per heavy atom. The topological polar surface area (TPSA) is 74.4 Å². The molecule has 3 aromatic heterocycles. The number of H-pyrrole nitrogens is 2. The molecule has 2 aliphatic rings. The Hall–Kier alpha value is -6.59. The second kappa shape index (κ2) is 11.9. The lowest BCUT2D eigenvalue weighted by molar-refractivity contribution is 0.0999. The molecule has 0 atom stereocenters. The Morgan fingerprint density at radius 3 is 1.22 bits per heavy atom. The minimum absolute atomic E-state index is 0.0137. The molecule has 2 aliphatic heterocycles. The SMILES string of the molecule is O=C1Cc2nc1c(-c1ccccc1)c1ccc([nH]1)c(-c1ccccc1)c1nc(c(-c3ccccc3)c3ccc([nH]3)c2-c2ccccc2)C=C1. The molecule has 232 valence electrons. The molecular weight excluding hydrogens is 601 g/mol. The molecule has 5 heterocycles. The van der Waals surface area contributed by atoms with E-state index in [1.165, 1.54) is 0 Å². The van der Waals surface area contributed by atoms with E-state index in [0.717, 1.165) is 83.7 Å². The smallest absolute Gasteiger partial charge is 0.187 e. The maximum absolute atomic E-state index is 14.1. The van der Waals surface area contributed by atoms with Gasteiger partial charge in [0, 0.05) is 44.3 Å². The van der Waals surface area contributed by atoms with E-state index in [4.69, 9.17) is 9.97 Å². The summed E-state index contributed by atoms with van der Waals surface area (Å²) >= 11 is 0. The highest BCUT2D eigenvalue weighted by atomic mass is 16.1. The molecule has 49 heavy (non-hydrogen) atoms. The van der Waals surface area contributed by atoms with Crippen LogP contribution in [0.1, 0.15) is 27.6 Å². The number of aromatic nitrogens is 4. The third kappa shape index (κ3) is 5.09. The number of ketones is 1. The molecule has 2 N–H and O–H groups in total. The third-order valence-electron chi connectivity index (χ3n) is 9.22. The number of rotatable bonds is 4. The second-order valence-corrected chi connectivity index (χ2v) is 12.3. The average molecular weight is 631 g/mol. The molecule has 4 aromatic carbocycles. The van der Waals surface area contributed by atoms with Gasteiger partial charge in [0.15, 0.2) is 5.78 Å². The van der Waals surface area contributed by atoms with E-state index in [0.29, 0.717) is 5.69 Å². The van der Waals surface area contributed by atoms with Crippen LogP contribution in [-0.2, 0) is 6.42 Å². The molecule has 0 aliphatic carbocycles. The third-order valence-corrected chi connectivity index (χ3v) is 9.22. The highest BCUT2D eigenvalue weighted by molar-refractivity contribution is 6.08. The molecule has 0 unspecified atom stereocenters. The lowest BCUT2D eigenvalue weighted by Gasteiger charge is -2.06. The summed E-state index contributed by atoms with van der Waals surface area (Å²) in [6.07, 6.45) is 4.40. The van der Waals surface area contributed by atoms with Crippen LogP contribution in [-0.4, -0.2) is 25.7 Å². The molecule has 0 amide bonds. The number of hydrogen-bond donors (Lipinski definition) is 2. The van der Waals surface area contributed by atoms with E-state index in [1.807, 2.05) is 72.8 Å². The number of nitrogens with zero attached hydrogens (tertiary/aromatic N) is 2. The van der Waals surface area contributed by atoms with Crippen LogP contribution in [0.4, 0.5) is 0 Å². The van der Waals surface area contributed by atoms with Crippen molar-refractivity contribution < 1.29 is 4.79 Å². The highest BCUT2D eigenvalue weighted by Crippen LogP contribution is 2.38. The van der Waals surface area contributed by atoms with Crippen LogP contribution in [0, 0.1) is 0 Å². The highest BCUT2D eigenvalue weighted by Gasteiger charge is 2.26. The van der Waals surface area contributed by atoms with Crippen LogP contribution in [0.2, 0.25) is 0 Å². The summed E-state index contributed by atoms with van der Waals surface area (Å²) in [7, 11) is 0. The van der Waals surface area contributed by atoms with Crippen molar-refractivity contribution in [2.45, 2.75) is 6.42 Å². The van der Waals surface area contributed by atoms with Gasteiger partial charge in [-0.25, -0.2) is 9.97 Å². The first-order valence-electron chi connectivity index (χ1n) is 16.4. The number of carbonyl (C=O) groups is 1. The number of carbonyl (C=O) groups excluding carboxylic acids is 1. The van der Waals surface area contributed by atoms with Crippen molar-refractivity contribution in [1.29, 1.82) is 0 Å². The monoisotopic (exact) mass is 630 g/mol. The molecule has 0 spiro atoms. The van der Waals surface area contributed by atoms with Crippen LogP contribution in [0.25, 0.3) is 78.7 Å². The van der Waals surface area contributed by atoms with E-state index < -0.39 is 0 Å². The lowest BCUT2D eigenvalue weighted by atomic mass is 10.00. The molecular formula is C44H30N4O. The molecule has 0 fully saturated rings. The van der Waals surface area contributed by atoms with Gasteiger partial charge >= 0.3 is 0 Å². The van der Waals surface area contributed by atoms with Gasteiger partial charge in [-0.2, -0.15) is 0 Å². The fourth-order valence-corrected chi connectivity index (χ4v) is 7.03. The summed E-state index contributed by atoms with van der Waals surface area (Å²) in [6, 6.07) is 49.3. The van der Waals surface area contributed by atoms with Crippen LogP contribution < -0.4 is 0 Å². The summed E-state index contributed by atoms with van der Waals surface area (Å²) in [5, 5.41) is 0. The molecule has 0 saturated carbocycles. The van der Waals surface area contributed by atoms with Crippen molar-refractivity contribution in [2.75, 3.05) is 0 Å². The number of fused-ring (bicyclic) bond motifs is 8. The molecule has 7 aromatic rings. The van der Waals surface area contributed by atoms with Crippen molar-refractivity contribution in [3.05, 3.63) is 168 Å². The summed E-state index contributed by atoms with van der Waals surface area (Å²) in [4.78, 5) is 32.1. The van der Waals surface area contributed by atoms with Gasteiger partial charge in [0.2, 0.25) is 0 Å². The molecule has 0 saturated heterocycles. The summed E-state index contributed by atoms with van der Waals surface area (Å²) in [5.74, 6) is -0.0137. The van der Waals surface area contributed by atoms with Gasteiger partial charge in [-0.05, 0) is 58.7 Å². The maximum atomic E-state index is 14.1. The molecule has 5 nitrogen and oxygen atoms in total. The zero-order chi connectivity index (χ0) is 32.7. The normalized spacial score (nSPS) is 12.4. The second-order valence-electron chi connectivity index (χ2n) is 12.3. The Morgan fingerprint density at radius 1 is 0.408 bits per heavy atom. The quantitative estimate of drug-likeness (QED) is 0.203. The van der Waals surface area contributed by atoms with E-state index in [-0.39, 0.29) is 12.2 Å². The van der Waals surface area contributed by atoms with Crippen molar-refractivity contribution in [3.8, 4) is 44.5 Å². The Bertz CT molecular complexity index is 2570. The largest absolute Gasteiger partial charge is 0.354 e. The predicted molar refractivity (Wildman–Crippen MR) is 200 cm³/mol. The zero-order valence-electron chi connectivity index (χ0n) is 26.5. The number of nitrogens with one attached hydrogen (secondary N) is 2. The minimum Gasteiger partial charge on any atom is -0.354 e. The summed E-state index contributed by atoms with van der Waals surface area (Å²) in [5.41, 5.74) is 14.1. The lowest BCUT2D eigenvalue weighted by Crippen LogP contribution is -1.98. The van der Waals surface area contributed by atoms with E-state index in [9.17, 15) is 4.79 Å². The van der Waals surface area contributed by atoms with E-state index in [1.54, 1.807) is 0 Å². The summed E-state index contributed by atoms with van der Waals surface area (Å²) in [6.45, 7) is 0. The molecule has 8 bridgehead atoms. The van der Waals surface area contributed by atoms with Crippen LogP contribution in [0.3, 0.4) is 0 Å². The van der Waals surface area contributed by atoms with Gasteiger partial charge in [0.25, 0.3) is 0 Å². The van der Waals surface area contributed by atoms with E-state index >= 15 is 0 Å². The number of Topliss-reactive ketones (excluding diaryl/α,β-unsaturated/α-hetero) is 1. The molecule has 9 rings (SSSR count). The van der Waals surface area contributed by atoms with Gasteiger partial charge in [-0.1, -0.05) is 121 Å². The van der Waals surface area contributed by atoms with Crippen molar-refractivity contribution in [1.82, 2.24) is 19.9 Å². The van der Waals surface area contributed by atoms with Gasteiger partial charge in [0.1, 0.15) is 5.69 Å². The van der Waals surface area contributed by atoms with Crippen LogP contribution >= 0.6 is 0 Å². The minimum atomic E-state index is -0.0137. The van der Waals surface area contributed by atoms with Gasteiger partial charge < -0.3 is 9.97 Å². The van der Waals surface area contributed by atoms with Gasteiger partial charge in [0.05, 0.1) is 23.5 Å². The first-order valence-corrected chi connectivity index (χ1v) is 16.4. The first kappa shape index (κ1) is 28.6. The van der Waals surface area contributed by atoms with Gasteiger partial charge in [-0.3, -0.25) is 4.79 Å². The number of aromatic amines is 2. The number of hydrogen-bond acceptors (Lipinski definition) is 3.